The second-order valence-electron chi connectivity index (χ2n) is 7.32. The lowest BCUT2D eigenvalue weighted by Crippen LogP contribution is -2.33. The second kappa shape index (κ2) is 7.17. The summed E-state index contributed by atoms with van der Waals surface area (Å²) in [7, 11) is 3.22. The van der Waals surface area contributed by atoms with Crippen molar-refractivity contribution in [1.29, 1.82) is 0 Å². The summed E-state index contributed by atoms with van der Waals surface area (Å²) in [5.74, 6) is 2.19. The Hall–Kier alpha value is -3.33. The first kappa shape index (κ1) is 18.7. The Morgan fingerprint density at radius 2 is 2.03 bits per heavy atom. The van der Waals surface area contributed by atoms with E-state index in [1.807, 2.05) is 35.7 Å². The highest BCUT2D eigenvalue weighted by atomic mass is 32.1. The summed E-state index contributed by atoms with van der Waals surface area (Å²) in [4.78, 5) is 18.7. The molecule has 3 aromatic rings. The molecule has 5 rings (SSSR count). The van der Waals surface area contributed by atoms with Crippen LogP contribution in [0.25, 0.3) is 0 Å². The van der Waals surface area contributed by atoms with Crippen LogP contribution in [0.15, 0.2) is 47.0 Å². The van der Waals surface area contributed by atoms with Crippen LogP contribution in [0.3, 0.4) is 0 Å². The Bertz CT molecular complexity index is 1150. The van der Waals surface area contributed by atoms with E-state index >= 15 is 0 Å². The highest BCUT2D eigenvalue weighted by molar-refractivity contribution is 7.10. The lowest BCUT2D eigenvalue weighted by atomic mass is 9.79. The molecule has 3 N–H and O–H groups in total. The van der Waals surface area contributed by atoms with E-state index in [1.54, 1.807) is 30.2 Å². The Morgan fingerprint density at radius 1 is 1.20 bits per heavy atom. The minimum absolute atomic E-state index is 0.0272. The van der Waals surface area contributed by atoms with Crippen LogP contribution in [0.1, 0.15) is 35.2 Å². The monoisotopic (exact) mass is 423 g/mol. The van der Waals surface area contributed by atoms with Gasteiger partial charge in [0.25, 0.3) is 0 Å². The van der Waals surface area contributed by atoms with Crippen molar-refractivity contribution in [2.75, 3.05) is 25.3 Å². The number of ketones is 1. The topological polar surface area (TPSA) is 104 Å². The average molecular weight is 423 g/mol. The molecule has 30 heavy (non-hydrogen) atoms. The molecule has 0 amide bonds. The van der Waals surface area contributed by atoms with Gasteiger partial charge in [0.1, 0.15) is 6.04 Å². The van der Waals surface area contributed by atoms with E-state index in [9.17, 15) is 4.79 Å². The van der Waals surface area contributed by atoms with E-state index in [1.165, 1.54) is 0 Å². The van der Waals surface area contributed by atoms with E-state index in [0.29, 0.717) is 30.3 Å². The molecular formula is C21H21N5O3S. The summed E-state index contributed by atoms with van der Waals surface area (Å²) in [6, 6.07) is 9.50. The van der Waals surface area contributed by atoms with Gasteiger partial charge in [-0.25, -0.2) is 4.68 Å². The van der Waals surface area contributed by atoms with Gasteiger partial charge in [-0.1, -0.05) is 12.1 Å². The number of nitrogens with zero attached hydrogens (tertiary/aromatic N) is 3. The van der Waals surface area contributed by atoms with E-state index in [-0.39, 0.29) is 23.7 Å². The molecule has 2 aliphatic rings. The maximum atomic E-state index is 13.4. The molecule has 0 spiro atoms. The fraction of sp³-hybridized carbons (Fsp3) is 0.286. The SMILES string of the molecule is COc1ccc([C@@H]2CC(=O)C3=C(C2)Nc2nc(N)nn2[C@H]3c2cccs2)cc1OC. The van der Waals surface area contributed by atoms with Gasteiger partial charge in [-0.05, 0) is 41.5 Å². The number of Topliss-reactive ketones (excluding diaryl/α,β-unsaturated/α-hetero) is 1. The van der Waals surface area contributed by atoms with E-state index in [0.717, 1.165) is 21.7 Å². The predicted octanol–water partition coefficient (Wildman–Crippen LogP) is 3.35. The Morgan fingerprint density at radius 3 is 2.77 bits per heavy atom. The summed E-state index contributed by atoms with van der Waals surface area (Å²) >= 11 is 1.59. The Labute approximate surface area is 177 Å². The van der Waals surface area contributed by atoms with Crippen LogP contribution in [0, 0.1) is 0 Å². The van der Waals surface area contributed by atoms with Gasteiger partial charge in [-0.2, -0.15) is 4.98 Å². The zero-order valence-corrected chi connectivity index (χ0v) is 17.4. The highest BCUT2D eigenvalue weighted by Crippen LogP contribution is 2.45. The molecule has 0 saturated carbocycles. The lowest BCUT2D eigenvalue weighted by Gasteiger charge is -2.34. The molecular weight excluding hydrogens is 402 g/mol. The molecule has 1 aliphatic heterocycles. The zero-order valence-electron chi connectivity index (χ0n) is 16.6. The molecule has 1 aliphatic carbocycles. The second-order valence-corrected chi connectivity index (χ2v) is 8.30. The van der Waals surface area contributed by atoms with Gasteiger partial charge in [0.15, 0.2) is 17.3 Å². The molecule has 1 aromatic carbocycles. The molecule has 0 bridgehead atoms. The maximum Gasteiger partial charge on any atom is 0.241 e. The van der Waals surface area contributed by atoms with Gasteiger partial charge in [0.05, 0.1) is 14.2 Å². The van der Waals surface area contributed by atoms with Crippen molar-refractivity contribution in [1.82, 2.24) is 14.8 Å². The number of thiophene rings is 1. The third-order valence-electron chi connectivity index (χ3n) is 5.63. The van der Waals surface area contributed by atoms with E-state index in [4.69, 9.17) is 15.2 Å². The van der Waals surface area contributed by atoms with Crippen LogP contribution in [-0.2, 0) is 4.79 Å². The van der Waals surface area contributed by atoms with Crippen LogP contribution in [0.4, 0.5) is 11.9 Å². The molecule has 154 valence electrons. The largest absolute Gasteiger partial charge is 0.493 e. The lowest BCUT2D eigenvalue weighted by molar-refractivity contribution is -0.116. The number of benzene rings is 1. The number of ether oxygens (including phenoxy) is 2. The van der Waals surface area contributed by atoms with Crippen LogP contribution < -0.4 is 20.5 Å². The fourth-order valence-electron chi connectivity index (χ4n) is 4.28. The van der Waals surface area contributed by atoms with Crippen LogP contribution in [0.2, 0.25) is 0 Å². The molecule has 2 atom stereocenters. The normalized spacial score (nSPS) is 20.4. The third kappa shape index (κ3) is 2.93. The number of nitrogen functional groups attached to an aromatic ring is 1. The number of carbonyl (C=O) groups is 1. The van der Waals surface area contributed by atoms with Crippen molar-refractivity contribution in [3.63, 3.8) is 0 Å². The number of allylic oxidation sites excluding steroid dienone is 2. The van der Waals surface area contributed by atoms with Crippen molar-refractivity contribution in [2.24, 2.45) is 0 Å². The van der Waals surface area contributed by atoms with E-state index < -0.39 is 0 Å². The van der Waals surface area contributed by atoms with Crippen molar-refractivity contribution < 1.29 is 14.3 Å². The smallest absolute Gasteiger partial charge is 0.241 e. The van der Waals surface area contributed by atoms with Gasteiger partial charge in [0.2, 0.25) is 11.9 Å². The molecule has 9 heteroatoms. The number of hydrogen-bond donors (Lipinski definition) is 2. The molecule has 0 radical (unpaired) electrons. The summed E-state index contributed by atoms with van der Waals surface area (Å²) < 4.78 is 12.5. The summed E-state index contributed by atoms with van der Waals surface area (Å²) in [6.45, 7) is 0. The standard InChI is InChI=1S/C21H21N5O3S/c1-28-15-6-5-11(10-16(15)29-2)12-8-13-18(14(27)9-12)19(17-4-3-7-30-17)26-21(23-13)24-20(22)25-26/h3-7,10,12,19H,8-9H2,1-2H3,(H3,22,23,24,25)/t12-,19-/m0/s1. The van der Waals surface area contributed by atoms with Crippen LogP contribution in [-0.4, -0.2) is 34.8 Å². The highest BCUT2D eigenvalue weighted by Gasteiger charge is 2.40. The molecule has 8 nitrogen and oxygen atoms in total. The molecule has 3 heterocycles. The number of anilines is 2. The quantitative estimate of drug-likeness (QED) is 0.663. The van der Waals surface area contributed by atoms with E-state index in [2.05, 4.69) is 15.4 Å². The first-order valence-electron chi connectivity index (χ1n) is 9.59. The predicted molar refractivity (Wildman–Crippen MR) is 114 cm³/mol. The van der Waals surface area contributed by atoms with Crippen LogP contribution >= 0.6 is 11.3 Å². The number of nitrogens with one attached hydrogen (secondary N) is 1. The van der Waals surface area contributed by atoms with Gasteiger partial charge in [0, 0.05) is 22.6 Å². The molecule has 0 fully saturated rings. The maximum absolute atomic E-state index is 13.4. The van der Waals surface area contributed by atoms with Crippen molar-refractivity contribution in [3.05, 3.63) is 57.4 Å². The third-order valence-corrected chi connectivity index (χ3v) is 6.55. The fourth-order valence-corrected chi connectivity index (χ4v) is 5.10. The number of rotatable bonds is 4. The van der Waals surface area contributed by atoms with Gasteiger partial charge in [-0.15, -0.1) is 16.4 Å². The number of aromatic nitrogens is 3. The molecule has 0 unspecified atom stereocenters. The number of hydrogen-bond acceptors (Lipinski definition) is 8. The Balaban J connectivity index is 1.56. The minimum atomic E-state index is -0.306. The Kier molecular flexibility index (Phi) is 4.47. The number of carbonyl (C=O) groups excluding carboxylic acids is 1. The number of fused-ring (bicyclic) bond motifs is 1. The van der Waals surface area contributed by atoms with Crippen molar-refractivity contribution in [3.8, 4) is 11.5 Å². The first-order valence-corrected chi connectivity index (χ1v) is 10.5. The summed E-state index contributed by atoms with van der Waals surface area (Å²) in [6.07, 6.45) is 1.10. The van der Waals surface area contributed by atoms with Crippen molar-refractivity contribution in [2.45, 2.75) is 24.8 Å². The minimum Gasteiger partial charge on any atom is -0.493 e. The molecule has 2 aromatic heterocycles. The zero-order chi connectivity index (χ0) is 20.8. The van der Waals surface area contributed by atoms with Crippen LogP contribution in [0.5, 0.6) is 11.5 Å². The molecule has 0 saturated heterocycles. The average Bonchev–Trinajstić information content (AvgIpc) is 3.40. The van der Waals surface area contributed by atoms with Gasteiger partial charge < -0.3 is 20.5 Å². The summed E-state index contributed by atoms with van der Waals surface area (Å²) in [5, 5.41) is 9.65. The van der Waals surface area contributed by atoms with Crippen molar-refractivity contribution >= 4 is 29.0 Å². The number of methoxy groups -OCH3 is 2. The first-order chi connectivity index (χ1) is 14.6. The van der Waals surface area contributed by atoms with Gasteiger partial charge in [-0.3, -0.25) is 4.79 Å². The van der Waals surface area contributed by atoms with Gasteiger partial charge >= 0.3 is 0 Å². The summed E-state index contributed by atoms with van der Waals surface area (Å²) in [5.41, 5.74) is 8.52. The number of nitrogens with two attached hydrogens (primary N) is 1.